The lowest BCUT2D eigenvalue weighted by atomic mass is 10.1. The largest absolute Gasteiger partial charge is 0.322 e. The number of nitrogens with one attached hydrogen (secondary N) is 1. The molecule has 2 rings (SSSR count). The van der Waals surface area contributed by atoms with Gasteiger partial charge in [0.05, 0.1) is 0 Å². The van der Waals surface area contributed by atoms with Crippen molar-refractivity contribution in [3.8, 4) is 0 Å². The highest BCUT2D eigenvalue weighted by Crippen LogP contribution is 2.21. The number of amides is 1. The van der Waals surface area contributed by atoms with Crippen LogP contribution in [-0.2, 0) is 0 Å². The quantitative estimate of drug-likeness (QED) is 0.859. The van der Waals surface area contributed by atoms with E-state index in [1.807, 2.05) is 57.2 Å². The highest BCUT2D eigenvalue weighted by atomic mass is 79.9. The molecule has 0 radical (unpaired) electrons. The molecule has 0 aromatic heterocycles. The normalized spacial score (nSPS) is 10.3. The topological polar surface area (TPSA) is 29.1 Å². The third kappa shape index (κ3) is 3.24. The molecule has 0 aliphatic heterocycles. The smallest absolute Gasteiger partial charge is 0.255 e. The van der Waals surface area contributed by atoms with Crippen molar-refractivity contribution < 1.29 is 4.79 Å². The average molecular weight is 318 g/mol. The van der Waals surface area contributed by atoms with Gasteiger partial charge in [-0.15, -0.1) is 0 Å². The van der Waals surface area contributed by atoms with E-state index in [2.05, 4.69) is 21.2 Å². The second-order valence-electron chi connectivity index (χ2n) is 4.72. The Hall–Kier alpha value is -1.61. The van der Waals surface area contributed by atoms with Gasteiger partial charge in [0, 0.05) is 15.7 Å². The van der Waals surface area contributed by atoms with Crippen molar-refractivity contribution in [2.24, 2.45) is 0 Å². The van der Waals surface area contributed by atoms with Crippen LogP contribution in [0.3, 0.4) is 0 Å². The highest BCUT2D eigenvalue weighted by Gasteiger charge is 2.07. The summed E-state index contributed by atoms with van der Waals surface area (Å²) in [5, 5.41) is 2.90. The molecule has 3 heteroatoms. The minimum Gasteiger partial charge on any atom is -0.322 e. The lowest BCUT2D eigenvalue weighted by Gasteiger charge is -2.08. The van der Waals surface area contributed by atoms with Gasteiger partial charge < -0.3 is 5.32 Å². The number of hydrogen-bond acceptors (Lipinski definition) is 1. The van der Waals surface area contributed by atoms with E-state index in [4.69, 9.17) is 0 Å². The monoisotopic (exact) mass is 317 g/mol. The molecule has 0 spiro atoms. The van der Waals surface area contributed by atoms with Crippen LogP contribution in [0.1, 0.15) is 27.0 Å². The summed E-state index contributed by atoms with van der Waals surface area (Å²) in [5.74, 6) is -0.0844. The van der Waals surface area contributed by atoms with Gasteiger partial charge in [0.2, 0.25) is 0 Å². The summed E-state index contributed by atoms with van der Waals surface area (Å²) in [6.07, 6.45) is 0. The van der Waals surface area contributed by atoms with Gasteiger partial charge in [-0.05, 0) is 61.7 Å². The summed E-state index contributed by atoms with van der Waals surface area (Å²) in [7, 11) is 0. The van der Waals surface area contributed by atoms with E-state index >= 15 is 0 Å². The average Bonchev–Trinajstić information content (AvgIpc) is 2.37. The maximum Gasteiger partial charge on any atom is 0.255 e. The number of rotatable bonds is 2. The summed E-state index contributed by atoms with van der Waals surface area (Å²) in [6.45, 7) is 6.06. The first-order chi connectivity index (χ1) is 8.97. The number of carbonyl (C=O) groups is 1. The maximum atomic E-state index is 12.1. The molecule has 2 aromatic carbocycles. The van der Waals surface area contributed by atoms with Gasteiger partial charge in [0.15, 0.2) is 0 Å². The van der Waals surface area contributed by atoms with E-state index < -0.39 is 0 Å². The van der Waals surface area contributed by atoms with Gasteiger partial charge in [-0.3, -0.25) is 4.79 Å². The Morgan fingerprint density at radius 2 is 1.63 bits per heavy atom. The fraction of sp³-hybridized carbons (Fsp3) is 0.188. The van der Waals surface area contributed by atoms with Crippen molar-refractivity contribution in [2.45, 2.75) is 20.8 Å². The van der Waals surface area contributed by atoms with Crippen molar-refractivity contribution in [1.29, 1.82) is 0 Å². The Balaban J connectivity index is 2.20. The zero-order valence-corrected chi connectivity index (χ0v) is 12.8. The summed E-state index contributed by atoms with van der Waals surface area (Å²) >= 11 is 3.46. The van der Waals surface area contributed by atoms with E-state index in [9.17, 15) is 4.79 Å². The van der Waals surface area contributed by atoms with Crippen molar-refractivity contribution in [1.82, 2.24) is 0 Å². The van der Waals surface area contributed by atoms with Crippen LogP contribution in [0.4, 0.5) is 5.69 Å². The molecule has 2 aromatic rings. The molecule has 0 saturated heterocycles. The maximum absolute atomic E-state index is 12.1. The second-order valence-corrected chi connectivity index (χ2v) is 5.57. The minimum atomic E-state index is -0.0844. The Kier molecular flexibility index (Phi) is 4.05. The number of hydrogen-bond donors (Lipinski definition) is 1. The third-order valence-corrected chi connectivity index (χ3v) is 4.05. The zero-order valence-electron chi connectivity index (χ0n) is 11.3. The van der Waals surface area contributed by atoms with Crippen LogP contribution in [0.5, 0.6) is 0 Å². The molecular weight excluding hydrogens is 302 g/mol. The van der Waals surface area contributed by atoms with Crippen molar-refractivity contribution in [3.63, 3.8) is 0 Å². The molecule has 19 heavy (non-hydrogen) atoms. The summed E-state index contributed by atoms with van der Waals surface area (Å²) in [4.78, 5) is 12.1. The summed E-state index contributed by atoms with van der Waals surface area (Å²) in [6, 6.07) is 11.5. The summed E-state index contributed by atoms with van der Waals surface area (Å²) in [5.41, 5.74) is 4.93. The molecule has 0 fully saturated rings. The van der Waals surface area contributed by atoms with Crippen molar-refractivity contribution in [3.05, 3.63) is 63.1 Å². The lowest BCUT2D eigenvalue weighted by Crippen LogP contribution is -2.12. The van der Waals surface area contributed by atoms with Gasteiger partial charge in [-0.2, -0.15) is 0 Å². The first-order valence-corrected chi connectivity index (χ1v) is 6.91. The van der Waals surface area contributed by atoms with E-state index in [-0.39, 0.29) is 5.91 Å². The van der Waals surface area contributed by atoms with Crippen LogP contribution >= 0.6 is 15.9 Å². The molecule has 0 unspecified atom stereocenters. The molecule has 0 aliphatic rings. The van der Waals surface area contributed by atoms with Gasteiger partial charge >= 0.3 is 0 Å². The van der Waals surface area contributed by atoms with E-state index in [0.717, 1.165) is 21.3 Å². The number of halogens is 1. The number of carbonyl (C=O) groups excluding carboxylic acids is 1. The summed E-state index contributed by atoms with van der Waals surface area (Å²) < 4.78 is 0.991. The SMILES string of the molecule is Cc1ccc(C(=O)Nc2ccc(C)c(Br)c2)cc1C. The number of benzene rings is 2. The molecule has 98 valence electrons. The standard InChI is InChI=1S/C16H16BrNO/c1-10-4-6-13(8-12(10)3)16(19)18-14-7-5-11(2)15(17)9-14/h4-9H,1-3H3,(H,18,19). The molecule has 0 bridgehead atoms. The van der Waals surface area contributed by atoms with Crippen LogP contribution in [0.25, 0.3) is 0 Å². The van der Waals surface area contributed by atoms with Gasteiger partial charge in [0.1, 0.15) is 0 Å². The lowest BCUT2D eigenvalue weighted by molar-refractivity contribution is 0.102. The van der Waals surface area contributed by atoms with E-state index in [1.165, 1.54) is 5.56 Å². The van der Waals surface area contributed by atoms with Crippen LogP contribution < -0.4 is 5.32 Å². The van der Waals surface area contributed by atoms with Crippen molar-refractivity contribution in [2.75, 3.05) is 5.32 Å². The van der Waals surface area contributed by atoms with E-state index in [0.29, 0.717) is 5.56 Å². The molecule has 1 amide bonds. The first kappa shape index (κ1) is 13.8. The van der Waals surface area contributed by atoms with Crippen LogP contribution in [0, 0.1) is 20.8 Å². The van der Waals surface area contributed by atoms with Gasteiger partial charge in [0.25, 0.3) is 5.91 Å². The highest BCUT2D eigenvalue weighted by molar-refractivity contribution is 9.10. The Morgan fingerprint density at radius 1 is 0.947 bits per heavy atom. The Bertz CT molecular complexity index is 635. The fourth-order valence-corrected chi connectivity index (χ4v) is 2.14. The Morgan fingerprint density at radius 3 is 2.26 bits per heavy atom. The molecule has 0 saturated carbocycles. The van der Waals surface area contributed by atoms with Crippen LogP contribution in [0.15, 0.2) is 40.9 Å². The number of anilines is 1. The fourth-order valence-electron chi connectivity index (χ4n) is 1.76. The molecule has 1 N–H and O–H groups in total. The second kappa shape index (κ2) is 5.57. The van der Waals surface area contributed by atoms with Gasteiger partial charge in [-0.25, -0.2) is 0 Å². The zero-order chi connectivity index (χ0) is 14.0. The first-order valence-electron chi connectivity index (χ1n) is 6.12. The van der Waals surface area contributed by atoms with Crippen LogP contribution in [0.2, 0.25) is 0 Å². The van der Waals surface area contributed by atoms with Crippen molar-refractivity contribution >= 4 is 27.5 Å². The number of aryl methyl sites for hydroxylation is 3. The van der Waals surface area contributed by atoms with Crippen LogP contribution in [-0.4, -0.2) is 5.91 Å². The van der Waals surface area contributed by atoms with Gasteiger partial charge in [-0.1, -0.05) is 28.1 Å². The molecular formula is C16H16BrNO. The predicted molar refractivity (Wildman–Crippen MR) is 82.7 cm³/mol. The molecule has 0 atom stereocenters. The molecule has 0 heterocycles. The predicted octanol–water partition coefficient (Wildman–Crippen LogP) is 4.63. The van der Waals surface area contributed by atoms with E-state index in [1.54, 1.807) is 0 Å². The molecule has 0 aliphatic carbocycles. The minimum absolute atomic E-state index is 0.0844. The third-order valence-electron chi connectivity index (χ3n) is 3.20. The molecule has 2 nitrogen and oxygen atoms in total. The Labute approximate surface area is 122 Å².